The summed E-state index contributed by atoms with van der Waals surface area (Å²) >= 11 is -1.40. The number of amides is 2. The standard InChI is InChI=1S/C6H12N2O3S/c1-7-5(9)3-12(11)4-6(10)8-2/h3-4H2,1-2H3,(H,7,9)(H,8,10). The Kier molecular flexibility index (Phi) is 5.48. The van der Waals surface area contributed by atoms with E-state index in [1.54, 1.807) is 0 Å². The molecular weight excluding hydrogens is 180 g/mol. The van der Waals surface area contributed by atoms with Gasteiger partial charge in [0.2, 0.25) is 0 Å². The number of hydrogen-bond acceptors (Lipinski definition) is 3. The molecule has 0 saturated carbocycles. The van der Waals surface area contributed by atoms with E-state index in [4.69, 9.17) is 0 Å². The van der Waals surface area contributed by atoms with Gasteiger partial charge in [0.15, 0.2) is 11.5 Å². The third-order valence-electron chi connectivity index (χ3n) is 1.14. The summed E-state index contributed by atoms with van der Waals surface area (Å²) in [6.07, 6.45) is 0. The largest absolute Gasteiger partial charge is 0.616 e. The van der Waals surface area contributed by atoms with Crippen LogP contribution in [0.15, 0.2) is 0 Å². The predicted octanol–water partition coefficient (Wildman–Crippen LogP) is -1.77. The molecule has 5 nitrogen and oxygen atoms in total. The Labute approximate surface area is 74.1 Å². The molecule has 0 aromatic rings. The maximum Gasteiger partial charge on any atom is 0.269 e. The highest BCUT2D eigenvalue weighted by molar-refractivity contribution is 7.92. The van der Waals surface area contributed by atoms with Crippen molar-refractivity contribution in [2.75, 3.05) is 25.6 Å². The van der Waals surface area contributed by atoms with Crippen molar-refractivity contribution in [2.24, 2.45) is 0 Å². The average molecular weight is 192 g/mol. The zero-order valence-corrected chi connectivity index (χ0v) is 7.86. The molecule has 0 atom stereocenters. The molecule has 0 aromatic carbocycles. The summed E-state index contributed by atoms with van der Waals surface area (Å²) in [5.74, 6) is -0.886. The zero-order chi connectivity index (χ0) is 9.56. The Balaban J connectivity index is 3.66. The van der Waals surface area contributed by atoms with Crippen molar-refractivity contribution in [1.82, 2.24) is 10.6 Å². The van der Waals surface area contributed by atoms with Gasteiger partial charge < -0.3 is 15.2 Å². The summed E-state index contributed by atoms with van der Waals surface area (Å²) in [6, 6.07) is 0. The fourth-order valence-corrected chi connectivity index (χ4v) is 1.46. The van der Waals surface area contributed by atoms with Crippen LogP contribution < -0.4 is 10.6 Å². The highest BCUT2D eigenvalue weighted by atomic mass is 32.2. The third-order valence-corrected chi connectivity index (χ3v) is 2.31. The van der Waals surface area contributed by atoms with Crippen molar-refractivity contribution < 1.29 is 14.1 Å². The van der Waals surface area contributed by atoms with E-state index in [-0.39, 0.29) is 23.3 Å². The van der Waals surface area contributed by atoms with Gasteiger partial charge in [-0.2, -0.15) is 0 Å². The molecule has 0 unspecified atom stereocenters. The van der Waals surface area contributed by atoms with Crippen molar-refractivity contribution >= 4 is 23.0 Å². The van der Waals surface area contributed by atoms with Crippen molar-refractivity contribution in [3.05, 3.63) is 0 Å². The summed E-state index contributed by atoms with van der Waals surface area (Å²) in [4.78, 5) is 21.3. The van der Waals surface area contributed by atoms with Gasteiger partial charge >= 0.3 is 0 Å². The Morgan fingerprint density at radius 1 is 1.17 bits per heavy atom. The van der Waals surface area contributed by atoms with E-state index in [1.165, 1.54) is 14.1 Å². The van der Waals surface area contributed by atoms with Crippen molar-refractivity contribution in [1.29, 1.82) is 0 Å². The lowest BCUT2D eigenvalue weighted by molar-refractivity contribution is -0.118. The maximum atomic E-state index is 11.0. The Morgan fingerprint density at radius 3 is 1.75 bits per heavy atom. The molecule has 2 amide bonds. The summed E-state index contributed by atoms with van der Waals surface area (Å²) in [6.45, 7) is 0. The average Bonchev–Trinajstić information content (AvgIpc) is 2.03. The Bertz CT molecular complexity index is 156. The highest BCUT2D eigenvalue weighted by Crippen LogP contribution is 1.89. The lowest BCUT2D eigenvalue weighted by Crippen LogP contribution is -2.33. The van der Waals surface area contributed by atoms with Gasteiger partial charge in [0.25, 0.3) is 11.8 Å². The minimum absolute atomic E-state index is 0.121. The molecule has 70 valence electrons. The van der Waals surface area contributed by atoms with E-state index >= 15 is 0 Å². The summed E-state index contributed by atoms with van der Waals surface area (Å²) in [5.41, 5.74) is 0. The fraction of sp³-hybridized carbons (Fsp3) is 0.667. The monoisotopic (exact) mass is 192 g/mol. The van der Waals surface area contributed by atoms with Crippen LogP contribution in [-0.4, -0.2) is 42.0 Å². The lowest BCUT2D eigenvalue weighted by Gasteiger charge is -2.08. The van der Waals surface area contributed by atoms with Crippen LogP contribution in [-0.2, 0) is 20.8 Å². The van der Waals surface area contributed by atoms with E-state index in [0.717, 1.165) is 0 Å². The maximum absolute atomic E-state index is 11.0. The van der Waals surface area contributed by atoms with E-state index in [1.807, 2.05) is 0 Å². The van der Waals surface area contributed by atoms with Gasteiger partial charge in [-0.1, -0.05) is 0 Å². The first kappa shape index (κ1) is 11.2. The lowest BCUT2D eigenvalue weighted by atomic mass is 10.7. The zero-order valence-electron chi connectivity index (χ0n) is 7.05. The second-order valence-electron chi connectivity index (χ2n) is 2.07. The summed E-state index contributed by atoms with van der Waals surface area (Å²) in [5, 5.41) is 4.65. The van der Waals surface area contributed by atoms with Crippen LogP contribution in [0.2, 0.25) is 0 Å². The molecule has 0 heterocycles. The molecule has 0 fully saturated rings. The molecule has 0 rings (SSSR count). The van der Waals surface area contributed by atoms with Gasteiger partial charge in [0.1, 0.15) is 0 Å². The SMILES string of the molecule is CNC(=O)C[S+]([O-])CC(=O)NC. The Morgan fingerprint density at radius 2 is 1.50 bits per heavy atom. The van der Waals surface area contributed by atoms with Crippen LogP contribution in [0.1, 0.15) is 0 Å². The highest BCUT2D eigenvalue weighted by Gasteiger charge is 2.15. The second-order valence-corrected chi connectivity index (χ2v) is 3.53. The molecule has 0 aliphatic carbocycles. The van der Waals surface area contributed by atoms with Crippen LogP contribution in [0, 0.1) is 0 Å². The molecular formula is C6H12N2O3S. The van der Waals surface area contributed by atoms with Gasteiger partial charge in [-0.3, -0.25) is 9.59 Å². The summed E-state index contributed by atoms with van der Waals surface area (Å²) in [7, 11) is 2.92. The third kappa shape index (κ3) is 4.97. The number of nitrogens with one attached hydrogen (secondary N) is 2. The molecule has 6 heteroatoms. The number of carbonyl (C=O) groups is 2. The number of carbonyl (C=O) groups excluding carboxylic acids is 2. The van der Waals surface area contributed by atoms with Crippen molar-refractivity contribution in [2.45, 2.75) is 0 Å². The molecule has 0 spiro atoms. The molecule has 0 bridgehead atoms. The van der Waals surface area contributed by atoms with Gasteiger partial charge in [0, 0.05) is 14.1 Å². The van der Waals surface area contributed by atoms with Gasteiger partial charge in [-0.15, -0.1) is 0 Å². The number of hydrogen-bond donors (Lipinski definition) is 2. The van der Waals surface area contributed by atoms with E-state index in [2.05, 4.69) is 10.6 Å². The number of rotatable bonds is 4. The molecule has 2 N–H and O–H groups in total. The van der Waals surface area contributed by atoms with E-state index in [9.17, 15) is 14.1 Å². The fourth-order valence-electron chi connectivity index (χ4n) is 0.488. The summed E-state index contributed by atoms with van der Waals surface area (Å²) < 4.78 is 11.0. The second kappa shape index (κ2) is 5.84. The quantitative estimate of drug-likeness (QED) is 0.517. The molecule has 0 saturated heterocycles. The van der Waals surface area contributed by atoms with Crippen LogP contribution >= 0.6 is 0 Å². The van der Waals surface area contributed by atoms with E-state index in [0.29, 0.717) is 0 Å². The first-order valence-electron chi connectivity index (χ1n) is 3.36. The van der Waals surface area contributed by atoms with Crippen LogP contribution in [0.25, 0.3) is 0 Å². The smallest absolute Gasteiger partial charge is 0.269 e. The first-order chi connectivity index (χ1) is 5.60. The van der Waals surface area contributed by atoms with Crippen LogP contribution in [0.4, 0.5) is 0 Å². The minimum Gasteiger partial charge on any atom is -0.616 e. The van der Waals surface area contributed by atoms with Crippen LogP contribution in [0.5, 0.6) is 0 Å². The van der Waals surface area contributed by atoms with Gasteiger partial charge in [-0.05, 0) is 11.2 Å². The van der Waals surface area contributed by atoms with Gasteiger partial charge in [-0.25, -0.2) is 0 Å². The normalized spacial score (nSPS) is 9.67. The molecule has 0 radical (unpaired) electrons. The van der Waals surface area contributed by atoms with Gasteiger partial charge in [0.05, 0.1) is 0 Å². The Hall–Kier alpha value is -0.750. The minimum atomic E-state index is -1.40. The van der Waals surface area contributed by atoms with Crippen molar-refractivity contribution in [3.8, 4) is 0 Å². The van der Waals surface area contributed by atoms with E-state index < -0.39 is 11.2 Å². The molecule has 0 aliphatic rings. The first-order valence-corrected chi connectivity index (χ1v) is 4.85. The van der Waals surface area contributed by atoms with Crippen molar-refractivity contribution in [3.63, 3.8) is 0 Å². The topological polar surface area (TPSA) is 81.3 Å². The molecule has 12 heavy (non-hydrogen) atoms. The molecule has 0 aliphatic heterocycles. The van der Waals surface area contributed by atoms with Crippen LogP contribution in [0.3, 0.4) is 0 Å². The predicted molar refractivity (Wildman–Crippen MR) is 46.0 cm³/mol. The molecule has 0 aromatic heterocycles.